The standard InChI is InChI=1S/C14H11BrFN3/c15-10-4-5-12-13(7-10)19(14(17)18-12)8-9-2-1-3-11(16)6-9/h1-7H,8H2,(H2,17,18). The molecule has 0 saturated heterocycles. The summed E-state index contributed by atoms with van der Waals surface area (Å²) in [5.41, 5.74) is 8.54. The number of aromatic nitrogens is 2. The van der Waals surface area contributed by atoms with Crippen LogP contribution in [0.25, 0.3) is 11.0 Å². The Kier molecular flexibility index (Phi) is 2.98. The summed E-state index contributed by atoms with van der Waals surface area (Å²) >= 11 is 3.43. The fourth-order valence-corrected chi connectivity index (χ4v) is 2.45. The Balaban J connectivity index is 2.09. The van der Waals surface area contributed by atoms with Crippen LogP contribution in [0.1, 0.15) is 5.56 Å². The lowest BCUT2D eigenvalue weighted by atomic mass is 10.2. The van der Waals surface area contributed by atoms with E-state index in [2.05, 4.69) is 20.9 Å². The Morgan fingerprint density at radius 3 is 2.84 bits per heavy atom. The number of nitrogen functional groups attached to an aromatic ring is 1. The smallest absolute Gasteiger partial charge is 0.201 e. The number of anilines is 1. The number of nitrogens with zero attached hydrogens (tertiary/aromatic N) is 2. The molecule has 1 heterocycles. The minimum atomic E-state index is -0.248. The van der Waals surface area contributed by atoms with E-state index >= 15 is 0 Å². The van der Waals surface area contributed by atoms with Crippen LogP contribution in [0.4, 0.5) is 10.3 Å². The first kappa shape index (κ1) is 12.2. The molecule has 3 aromatic rings. The van der Waals surface area contributed by atoms with Gasteiger partial charge in [-0.05, 0) is 35.9 Å². The first-order chi connectivity index (χ1) is 9.13. The van der Waals surface area contributed by atoms with Gasteiger partial charge in [0.25, 0.3) is 0 Å². The highest BCUT2D eigenvalue weighted by Gasteiger charge is 2.09. The Labute approximate surface area is 118 Å². The van der Waals surface area contributed by atoms with Crippen molar-refractivity contribution < 1.29 is 4.39 Å². The Hall–Kier alpha value is -1.88. The Bertz CT molecular complexity index is 752. The van der Waals surface area contributed by atoms with E-state index in [1.165, 1.54) is 12.1 Å². The van der Waals surface area contributed by atoms with Gasteiger partial charge in [0.05, 0.1) is 17.6 Å². The van der Waals surface area contributed by atoms with E-state index in [9.17, 15) is 4.39 Å². The fourth-order valence-electron chi connectivity index (χ4n) is 2.10. The summed E-state index contributed by atoms with van der Waals surface area (Å²) in [6.45, 7) is 0.497. The maximum atomic E-state index is 13.2. The number of benzene rings is 2. The number of halogens is 2. The predicted molar refractivity (Wildman–Crippen MR) is 77.3 cm³/mol. The van der Waals surface area contributed by atoms with Gasteiger partial charge in [-0.2, -0.15) is 0 Å². The molecule has 2 N–H and O–H groups in total. The third-order valence-corrected chi connectivity index (χ3v) is 3.46. The number of imidazole rings is 1. The lowest BCUT2D eigenvalue weighted by Gasteiger charge is -2.07. The van der Waals surface area contributed by atoms with E-state index in [4.69, 9.17) is 5.73 Å². The lowest BCUT2D eigenvalue weighted by Crippen LogP contribution is -2.04. The molecule has 0 unspecified atom stereocenters. The van der Waals surface area contributed by atoms with Crippen LogP contribution in [0.5, 0.6) is 0 Å². The van der Waals surface area contributed by atoms with E-state index in [0.29, 0.717) is 12.5 Å². The van der Waals surface area contributed by atoms with Crippen LogP contribution < -0.4 is 5.73 Å². The van der Waals surface area contributed by atoms with Crippen molar-refractivity contribution in [3.8, 4) is 0 Å². The maximum Gasteiger partial charge on any atom is 0.201 e. The van der Waals surface area contributed by atoms with Gasteiger partial charge in [-0.1, -0.05) is 28.1 Å². The van der Waals surface area contributed by atoms with Crippen molar-refractivity contribution in [2.24, 2.45) is 0 Å². The van der Waals surface area contributed by atoms with Gasteiger partial charge in [-0.3, -0.25) is 0 Å². The highest BCUT2D eigenvalue weighted by Crippen LogP contribution is 2.23. The fraction of sp³-hybridized carbons (Fsp3) is 0.0714. The van der Waals surface area contributed by atoms with Crippen molar-refractivity contribution >= 4 is 32.9 Å². The number of nitrogens with two attached hydrogens (primary N) is 1. The quantitative estimate of drug-likeness (QED) is 0.784. The molecule has 0 aliphatic carbocycles. The first-order valence-electron chi connectivity index (χ1n) is 5.79. The van der Waals surface area contributed by atoms with Gasteiger partial charge in [-0.15, -0.1) is 0 Å². The predicted octanol–water partition coefficient (Wildman–Crippen LogP) is 3.57. The molecule has 0 saturated carbocycles. The van der Waals surface area contributed by atoms with Crippen molar-refractivity contribution in [1.82, 2.24) is 9.55 Å². The van der Waals surface area contributed by atoms with E-state index in [0.717, 1.165) is 21.1 Å². The molecule has 0 fully saturated rings. The molecule has 0 aliphatic rings. The second kappa shape index (κ2) is 4.66. The van der Waals surface area contributed by atoms with Crippen molar-refractivity contribution in [2.45, 2.75) is 6.54 Å². The second-order valence-electron chi connectivity index (χ2n) is 4.32. The molecule has 0 amide bonds. The SMILES string of the molecule is Nc1nc2ccc(Br)cc2n1Cc1cccc(F)c1. The van der Waals surface area contributed by atoms with Crippen LogP contribution in [0.2, 0.25) is 0 Å². The minimum absolute atomic E-state index is 0.248. The van der Waals surface area contributed by atoms with Crippen LogP contribution >= 0.6 is 15.9 Å². The zero-order valence-corrected chi connectivity index (χ0v) is 11.6. The summed E-state index contributed by atoms with van der Waals surface area (Å²) in [5, 5.41) is 0. The average Bonchev–Trinajstić information content (AvgIpc) is 2.66. The first-order valence-corrected chi connectivity index (χ1v) is 6.58. The van der Waals surface area contributed by atoms with E-state index in [1.54, 1.807) is 6.07 Å². The van der Waals surface area contributed by atoms with E-state index in [-0.39, 0.29) is 5.82 Å². The summed E-state index contributed by atoms with van der Waals surface area (Å²) in [6, 6.07) is 12.3. The van der Waals surface area contributed by atoms with Gasteiger partial charge < -0.3 is 10.3 Å². The third kappa shape index (κ3) is 2.33. The normalized spacial score (nSPS) is 11.1. The summed E-state index contributed by atoms with van der Waals surface area (Å²) in [4.78, 5) is 4.30. The molecule has 0 aliphatic heterocycles. The molecule has 0 atom stereocenters. The van der Waals surface area contributed by atoms with Crippen LogP contribution in [0, 0.1) is 5.82 Å². The number of fused-ring (bicyclic) bond motifs is 1. The minimum Gasteiger partial charge on any atom is -0.369 e. The second-order valence-corrected chi connectivity index (χ2v) is 5.23. The molecule has 5 heteroatoms. The Morgan fingerprint density at radius 1 is 1.21 bits per heavy atom. The molecule has 0 bridgehead atoms. The summed E-state index contributed by atoms with van der Waals surface area (Å²) in [6.07, 6.45) is 0. The molecular formula is C14H11BrFN3. The molecule has 0 spiro atoms. The van der Waals surface area contributed by atoms with E-state index in [1.807, 2.05) is 28.8 Å². The molecule has 2 aromatic carbocycles. The summed E-state index contributed by atoms with van der Waals surface area (Å²) in [5.74, 6) is 0.180. The topological polar surface area (TPSA) is 43.8 Å². The van der Waals surface area contributed by atoms with Crippen molar-refractivity contribution in [3.05, 3.63) is 58.3 Å². The molecule has 3 nitrogen and oxygen atoms in total. The van der Waals surface area contributed by atoms with Gasteiger partial charge in [0, 0.05) is 4.47 Å². The highest BCUT2D eigenvalue weighted by atomic mass is 79.9. The van der Waals surface area contributed by atoms with Crippen LogP contribution in [-0.2, 0) is 6.54 Å². The summed E-state index contributed by atoms with van der Waals surface area (Å²) in [7, 11) is 0. The third-order valence-electron chi connectivity index (χ3n) is 2.97. The van der Waals surface area contributed by atoms with Crippen molar-refractivity contribution in [2.75, 3.05) is 5.73 Å². The molecule has 1 aromatic heterocycles. The number of hydrogen-bond donors (Lipinski definition) is 1. The molecular weight excluding hydrogens is 309 g/mol. The molecule has 3 rings (SSSR count). The molecule has 19 heavy (non-hydrogen) atoms. The number of hydrogen-bond acceptors (Lipinski definition) is 2. The van der Waals surface area contributed by atoms with Gasteiger partial charge >= 0.3 is 0 Å². The largest absolute Gasteiger partial charge is 0.369 e. The molecule has 0 radical (unpaired) electrons. The van der Waals surface area contributed by atoms with Crippen LogP contribution in [0.15, 0.2) is 46.9 Å². The monoisotopic (exact) mass is 319 g/mol. The maximum absolute atomic E-state index is 13.2. The van der Waals surface area contributed by atoms with Crippen molar-refractivity contribution in [3.63, 3.8) is 0 Å². The van der Waals surface area contributed by atoms with Gasteiger partial charge in [0.1, 0.15) is 5.82 Å². The summed E-state index contributed by atoms with van der Waals surface area (Å²) < 4.78 is 16.0. The van der Waals surface area contributed by atoms with Crippen LogP contribution in [0.3, 0.4) is 0 Å². The van der Waals surface area contributed by atoms with Crippen LogP contribution in [-0.4, -0.2) is 9.55 Å². The zero-order valence-electron chi connectivity index (χ0n) is 9.98. The average molecular weight is 320 g/mol. The van der Waals surface area contributed by atoms with Gasteiger partial charge in [0.2, 0.25) is 5.95 Å². The van der Waals surface area contributed by atoms with Crippen molar-refractivity contribution in [1.29, 1.82) is 0 Å². The lowest BCUT2D eigenvalue weighted by molar-refractivity contribution is 0.624. The Morgan fingerprint density at radius 2 is 2.05 bits per heavy atom. The number of rotatable bonds is 2. The van der Waals surface area contributed by atoms with Gasteiger partial charge in [0.15, 0.2) is 0 Å². The highest BCUT2D eigenvalue weighted by molar-refractivity contribution is 9.10. The molecule has 96 valence electrons. The zero-order chi connectivity index (χ0) is 13.4. The van der Waals surface area contributed by atoms with E-state index < -0.39 is 0 Å². The van der Waals surface area contributed by atoms with Gasteiger partial charge in [-0.25, -0.2) is 9.37 Å².